The Kier molecular flexibility index (Phi) is 15.5. The maximum absolute atomic E-state index is 12.2. The van der Waals surface area contributed by atoms with E-state index in [0.29, 0.717) is 65.9 Å². The van der Waals surface area contributed by atoms with Gasteiger partial charge >= 0.3 is 11.9 Å². The summed E-state index contributed by atoms with van der Waals surface area (Å²) < 4.78 is 36.9. The standard InChI is InChI=1S/C56H54Cl2N6O10/c1-33-37(29-73-53-17-51(71-27-35-13-39(21-59-19-35)47-23-61-47)41(15-45(53)57)25-63-9-11-69-31-49(63)55(65)66)5-3-7-43(33)44-8-4-6-38(34(44)2)30-74-54-18-52(72-28-36-14-40(22-60-20-36)48-24-62-48)42(16-46(54)58)26-64-10-12-70-32-50(64)56(67)68/h3-8,13-23,47,49-50H,9-12,24-32H2,1-2H3,(H,65,66)(H,67,68)/t47?,49-,50-/m1/s1. The van der Waals surface area contributed by atoms with Crippen LogP contribution >= 0.6 is 23.2 Å². The summed E-state index contributed by atoms with van der Waals surface area (Å²) in [5.74, 6) is -0.0525. The SMILES string of the molecule is Cc1c(COc2cc(OCc3cncc(C4=NC4)c3)c(CN3CCOC[C@@H]3C(=O)O)cc2Cl)cccc1-c1cccc(COc2cc(OCc3cncc(C4C=N4)c3)c(CN3CCOC[C@@H]3C(=O)O)cc2Cl)c1C. The van der Waals surface area contributed by atoms with E-state index >= 15 is 0 Å². The predicted molar refractivity (Wildman–Crippen MR) is 278 cm³/mol. The van der Waals surface area contributed by atoms with Gasteiger partial charge in [0.2, 0.25) is 0 Å². The fourth-order valence-corrected chi connectivity index (χ4v) is 9.72. The van der Waals surface area contributed by atoms with E-state index in [9.17, 15) is 19.8 Å². The molecule has 2 fully saturated rings. The van der Waals surface area contributed by atoms with Crippen molar-refractivity contribution in [3.05, 3.63) is 163 Å². The number of aromatic nitrogens is 2. The molecular weight excluding hydrogens is 988 g/mol. The third-order valence-corrected chi connectivity index (χ3v) is 14.3. The first-order valence-electron chi connectivity index (χ1n) is 24.3. The van der Waals surface area contributed by atoms with Gasteiger partial charge in [-0.25, -0.2) is 0 Å². The number of pyridine rings is 2. The van der Waals surface area contributed by atoms with Gasteiger partial charge in [0.25, 0.3) is 0 Å². The van der Waals surface area contributed by atoms with Crippen LogP contribution in [-0.2, 0) is 58.6 Å². The Morgan fingerprint density at radius 3 is 1.61 bits per heavy atom. The first-order valence-corrected chi connectivity index (χ1v) is 25.1. The minimum absolute atomic E-state index is 0.0447. The molecule has 1 unspecified atom stereocenters. The molecule has 0 bridgehead atoms. The number of hydrogen-bond acceptors (Lipinski definition) is 14. The van der Waals surface area contributed by atoms with Gasteiger partial charge in [-0.2, -0.15) is 0 Å². The van der Waals surface area contributed by atoms with Crippen LogP contribution < -0.4 is 18.9 Å². The lowest BCUT2D eigenvalue weighted by molar-refractivity contribution is -0.151. The third-order valence-electron chi connectivity index (χ3n) is 13.7. The topological polar surface area (TPSA) is 187 Å². The van der Waals surface area contributed by atoms with Crippen LogP contribution in [0.25, 0.3) is 11.1 Å². The molecule has 2 saturated heterocycles. The molecule has 4 aliphatic rings. The van der Waals surface area contributed by atoms with Crippen LogP contribution in [-0.4, -0.2) is 112 Å². The number of aliphatic carboxylic acids is 2. The molecule has 10 rings (SSSR count). The van der Waals surface area contributed by atoms with Gasteiger partial charge in [-0.05, 0) is 71.5 Å². The van der Waals surface area contributed by atoms with E-state index in [1.807, 2.05) is 52.4 Å². The van der Waals surface area contributed by atoms with Gasteiger partial charge in [-0.15, -0.1) is 0 Å². The van der Waals surface area contributed by atoms with Crippen LogP contribution in [0.1, 0.15) is 61.7 Å². The van der Waals surface area contributed by atoms with Gasteiger partial charge in [-0.3, -0.25) is 39.3 Å². The van der Waals surface area contributed by atoms with Gasteiger partial charge in [0.1, 0.15) is 67.6 Å². The summed E-state index contributed by atoms with van der Waals surface area (Å²) in [6, 6.07) is 21.8. The first kappa shape index (κ1) is 50.6. The van der Waals surface area contributed by atoms with Crippen molar-refractivity contribution in [1.82, 2.24) is 19.8 Å². The number of carboxylic acids is 2. The molecule has 0 amide bonds. The van der Waals surface area contributed by atoms with Crippen molar-refractivity contribution in [3.63, 3.8) is 0 Å². The molecule has 2 aromatic heterocycles. The molecule has 74 heavy (non-hydrogen) atoms. The molecule has 3 atom stereocenters. The molecule has 6 heterocycles. The van der Waals surface area contributed by atoms with Crippen molar-refractivity contribution in [2.45, 2.75) is 71.5 Å². The summed E-state index contributed by atoms with van der Waals surface area (Å²) in [7, 11) is 0. The Bertz CT molecular complexity index is 3150. The average molecular weight is 1040 g/mol. The Hall–Kier alpha value is -6.92. The number of aliphatic imine (C=N–C) groups is 2. The average Bonchev–Trinajstić information content (AvgIpc) is 4.35. The van der Waals surface area contributed by atoms with Crippen molar-refractivity contribution in [2.24, 2.45) is 9.98 Å². The van der Waals surface area contributed by atoms with Crippen molar-refractivity contribution >= 4 is 47.1 Å². The van der Waals surface area contributed by atoms with Crippen molar-refractivity contribution in [2.75, 3.05) is 46.1 Å². The molecule has 4 aliphatic heterocycles. The highest BCUT2D eigenvalue weighted by Gasteiger charge is 2.32. The lowest BCUT2D eigenvalue weighted by Gasteiger charge is -2.33. The molecule has 0 radical (unpaired) electrons. The van der Waals surface area contributed by atoms with Crippen LogP contribution in [0.4, 0.5) is 0 Å². The highest BCUT2D eigenvalue weighted by molar-refractivity contribution is 6.32. The monoisotopic (exact) mass is 1040 g/mol. The number of rotatable bonds is 21. The molecule has 18 heteroatoms. The zero-order valence-electron chi connectivity index (χ0n) is 40.8. The number of hydrogen-bond donors (Lipinski definition) is 2. The molecule has 2 N–H and O–H groups in total. The highest BCUT2D eigenvalue weighted by atomic mass is 35.5. The lowest BCUT2D eigenvalue weighted by atomic mass is 9.92. The molecular formula is C56H54Cl2N6O10. The van der Waals surface area contributed by atoms with Crippen LogP contribution in [0.2, 0.25) is 10.0 Å². The highest BCUT2D eigenvalue weighted by Crippen LogP contribution is 2.39. The number of nitrogens with zero attached hydrogens (tertiary/aromatic N) is 6. The summed E-state index contributed by atoms with van der Waals surface area (Å²) in [4.78, 5) is 45.4. The van der Waals surface area contributed by atoms with Gasteiger partial charge in [0.05, 0.1) is 48.7 Å². The molecule has 0 aliphatic carbocycles. The zero-order chi connectivity index (χ0) is 51.3. The van der Waals surface area contributed by atoms with E-state index in [2.05, 4.69) is 45.9 Å². The van der Waals surface area contributed by atoms with Crippen LogP contribution in [0, 0.1) is 13.8 Å². The van der Waals surface area contributed by atoms with Gasteiger partial charge in [0, 0.05) is 103 Å². The Labute approximate surface area is 438 Å². The minimum atomic E-state index is -0.958. The molecule has 6 aromatic rings. The van der Waals surface area contributed by atoms with Crippen molar-refractivity contribution in [1.29, 1.82) is 0 Å². The quantitative estimate of drug-likeness (QED) is 0.0696. The molecule has 382 valence electrons. The van der Waals surface area contributed by atoms with E-state index in [1.165, 1.54) is 0 Å². The molecule has 4 aromatic carbocycles. The van der Waals surface area contributed by atoms with Gasteiger partial charge in [0.15, 0.2) is 0 Å². The summed E-state index contributed by atoms with van der Waals surface area (Å²) >= 11 is 13.9. The predicted octanol–water partition coefficient (Wildman–Crippen LogP) is 8.88. The largest absolute Gasteiger partial charge is 0.488 e. The zero-order valence-corrected chi connectivity index (χ0v) is 42.4. The van der Waals surface area contributed by atoms with Crippen LogP contribution in [0.3, 0.4) is 0 Å². The van der Waals surface area contributed by atoms with Crippen molar-refractivity contribution < 1.29 is 48.2 Å². The second kappa shape index (κ2) is 22.7. The van der Waals surface area contributed by atoms with E-state index in [0.717, 1.165) is 72.5 Å². The molecule has 0 spiro atoms. The smallest absolute Gasteiger partial charge is 0.323 e. The summed E-state index contributed by atoms with van der Waals surface area (Å²) in [6.45, 7) is 8.09. The van der Waals surface area contributed by atoms with Crippen LogP contribution in [0.15, 0.2) is 108 Å². The molecule has 16 nitrogen and oxygen atoms in total. The second-order valence-electron chi connectivity index (χ2n) is 18.6. The van der Waals surface area contributed by atoms with E-state index in [4.69, 9.17) is 51.6 Å². The number of benzene rings is 4. The summed E-state index contributed by atoms with van der Waals surface area (Å²) in [6.07, 6.45) is 8.95. The number of carbonyl (C=O) groups is 2. The number of carboxylic acid groups (broad SMARTS) is 2. The Morgan fingerprint density at radius 1 is 0.635 bits per heavy atom. The first-order chi connectivity index (χ1) is 35.9. The Morgan fingerprint density at radius 2 is 1.12 bits per heavy atom. The fourth-order valence-electron chi connectivity index (χ4n) is 9.24. The summed E-state index contributed by atoms with van der Waals surface area (Å²) in [5.41, 5.74) is 12.1. The normalized spacial score (nSPS) is 18.4. The number of ether oxygens (including phenoxy) is 6. The summed E-state index contributed by atoms with van der Waals surface area (Å²) in [5, 5.41) is 20.7. The minimum Gasteiger partial charge on any atom is -0.488 e. The number of halogens is 2. The second-order valence-corrected chi connectivity index (χ2v) is 19.4. The molecule has 0 saturated carbocycles. The van der Waals surface area contributed by atoms with E-state index in [-0.39, 0.29) is 58.8 Å². The fraction of sp³-hybridized carbons (Fsp3) is 0.321. The Balaban J connectivity index is 0.860. The van der Waals surface area contributed by atoms with Gasteiger partial charge < -0.3 is 38.6 Å². The number of morpholine rings is 2. The third kappa shape index (κ3) is 12.0. The maximum Gasteiger partial charge on any atom is 0.323 e. The van der Waals surface area contributed by atoms with Gasteiger partial charge in [-0.1, -0.05) is 59.6 Å². The lowest BCUT2D eigenvalue weighted by Crippen LogP contribution is -2.49. The van der Waals surface area contributed by atoms with E-state index < -0.39 is 24.0 Å². The van der Waals surface area contributed by atoms with Crippen LogP contribution in [0.5, 0.6) is 23.0 Å². The maximum atomic E-state index is 12.2. The van der Waals surface area contributed by atoms with Crippen molar-refractivity contribution in [3.8, 4) is 34.1 Å². The van der Waals surface area contributed by atoms with E-state index in [1.54, 1.807) is 49.1 Å².